The molecule has 2 aromatic heterocycles. The number of benzene rings is 2. The quantitative estimate of drug-likeness (QED) is 0.157. The fourth-order valence-corrected chi connectivity index (χ4v) is 8.82. The summed E-state index contributed by atoms with van der Waals surface area (Å²) in [6.07, 6.45) is 0.742. The number of fused-ring (bicyclic) bond motifs is 1. The first-order valence-electron chi connectivity index (χ1n) is 18.8. The van der Waals surface area contributed by atoms with Crippen LogP contribution in [-0.4, -0.2) is 41.1 Å². The van der Waals surface area contributed by atoms with Gasteiger partial charge < -0.3 is 14.4 Å². The van der Waals surface area contributed by atoms with Crippen LogP contribution in [0.5, 0.6) is 5.75 Å². The van der Waals surface area contributed by atoms with Gasteiger partial charge in [-0.15, -0.1) is 0 Å². The van der Waals surface area contributed by atoms with Gasteiger partial charge in [0.2, 0.25) is 11.9 Å². The summed E-state index contributed by atoms with van der Waals surface area (Å²) in [6.45, 7) is 5.88. The molecule has 0 radical (unpaired) electrons. The van der Waals surface area contributed by atoms with Crippen molar-refractivity contribution in [1.29, 1.82) is 0 Å². The highest BCUT2D eigenvalue weighted by Crippen LogP contribution is 2.52. The van der Waals surface area contributed by atoms with E-state index in [1.54, 1.807) is 19.5 Å². The smallest absolute Gasteiger partial charge is 0.416 e. The number of nitrogens with zero attached hydrogens (tertiary/aromatic N) is 4. The molecule has 1 atom stereocenters. The third-order valence-corrected chi connectivity index (χ3v) is 11.9. The van der Waals surface area contributed by atoms with E-state index in [2.05, 4.69) is 44.6 Å². The highest BCUT2D eigenvalue weighted by molar-refractivity contribution is 9.10. The van der Waals surface area contributed by atoms with Gasteiger partial charge >= 0.3 is 6.18 Å². The molecule has 3 aliphatic rings. The van der Waals surface area contributed by atoms with E-state index in [9.17, 15) is 22.0 Å². The zero-order chi connectivity index (χ0) is 39.1. The largest absolute Gasteiger partial charge is 0.497 e. The third kappa shape index (κ3) is 8.98. The van der Waals surface area contributed by atoms with Crippen molar-refractivity contribution < 1.29 is 35.8 Å². The van der Waals surface area contributed by atoms with Crippen molar-refractivity contribution in [2.24, 2.45) is 5.41 Å². The summed E-state index contributed by atoms with van der Waals surface area (Å²) in [7, 11) is 1.60. The highest BCUT2D eigenvalue weighted by atomic mass is 79.9. The van der Waals surface area contributed by atoms with E-state index in [0.29, 0.717) is 50.8 Å². The Hall–Kier alpha value is -3.71. The van der Waals surface area contributed by atoms with E-state index in [-0.39, 0.29) is 61.5 Å². The van der Waals surface area contributed by atoms with Crippen LogP contribution >= 0.6 is 15.9 Å². The number of methoxy groups -OCH3 is 1. The zero-order valence-corrected chi connectivity index (χ0v) is 32.8. The molecule has 0 spiro atoms. The molecule has 0 amide bonds. The molecule has 1 aliphatic heterocycles. The van der Waals surface area contributed by atoms with Crippen LogP contribution in [0, 0.1) is 11.2 Å². The molecular formula is C42H45BrF6N4O2. The van der Waals surface area contributed by atoms with Crippen molar-refractivity contribution in [2.75, 3.05) is 25.1 Å². The molecule has 1 saturated heterocycles. The van der Waals surface area contributed by atoms with E-state index >= 15 is 4.39 Å². The fraction of sp³-hybridized carbons (Fsp3) is 0.500. The van der Waals surface area contributed by atoms with Crippen LogP contribution < -0.4 is 9.64 Å². The predicted molar refractivity (Wildman–Crippen MR) is 201 cm³/mol. The van der Waals surface area contributed by atoms with Crippen LogP contribution in [0.25, 0.3) is 0 Å². The summed E-state index contributed by atoms with van der Waals surface area (Å²) in [5.41, 5.74) is 3.85. The van der Waals surface area contributed by atoms with Crippen molar-refractivity contribution in [2.45, 2.75) is 108 Å². The highest BCUT2D eigenvalue weighted by Gasteiger charge is 2.43. The number of aromatic nitrogens is 3. The molecule has 0 unspecified atom stereocenters. The summed E-state index contributed by atoms with van der Waals surface area (Å²) in [4.78, 5) is 16.5. The summed E-state index contributed by atoms with van der Waals surface area (Å²) in [6, 6.07) is 10.3. The van der Waals surface area contributed by atoms with Gasteiger partial charge in [0.15, 0.2) is 0 Å². The van der Waals surface area contributed by atoms with E-state index in [1.165, 1.54) is 6.07 Å². The van der Waals surface area contributed by atoms with Crippen molar-refractivity contribution in [1.82, 2.24) is 15.0 Å². The van der Waals surface area contributed by atoms with Crippen LogP contribution in [0.4, 0.5) is 32.3 Å². The maximum atomic E-state index is 15.8. The minimum atomic E-state index is -4.70. The van der Waals surface area contributed by atoms with Crippen molar-refractivity contribution in [3.05, 3.63) is 110 Å². The normalized spacial score (nSPS) is 20.3. The predicted octanol–water partition coefficient (Wildman–Crippen LogP) is 11.3. The van der Waals surface area contributed by atoms with Gasteiger partial charge in [0.05, 0.1) is 29.9 Å². The molecule has 2 aliphatic carbocycles. The van der Waals surface area contributed by atoms with Gasteiger partial charge in [0.25, 0.3) is 0 Å². The first-order valence-corrected chi connectivity index (χ1v) is 19.6. The molecule has 7 rings (SSSR count). The summed E-state index contributed by atoms with van der Waals surface area (Å²) < 4.78 is 99.1. The van der Waals surface area contributed by atoms with E-state index in [1.807, 2.05) is 24.3 Å². The number of ether oxygens (including phenoxy) is 2. The van der Waals surface area contributed by atoms with Crippen molar-refractivity contribution >= 4 is 21.9 Å². The third-order valence-electron chi connectivity index (χ3n) is 11.5. The van der Waals surface area contributed by atoms with Gasteiger partial charge in [-0.1, -0.05) is 32.0 Å². The van der Waals surface area contributed by atoms with Crippen molar-refractivity contribution in [3.8, 4) is 5.75 Å². The molecule has 2 fully saturated rings. The average Bonchev–Trinajstić information content (AvgIpc) is 3.14. The standard InChI is InChI=1S/C42H45BrF6N4O2/c1-40(2)20-34-37(35(21-40)55-24-25-4-8-31(54-3)9-5-25)36(26-10-14-41(45,46)15-11-26)32(18-28-6-7-29(19-33(28)44)42(47,48)49)38(52-34)27-12-16-53(17-13-27)39-50-22-30(43)23-51-39/h4-9,19,22-23,26-27,35H,10-18,20-21,24H2,1-3H3/t35-/m0/s1. The van der Waals surface area contributed by atoms with Crippen LogP contribution in [0.2, 0.25) is 0 Å². The lowest BCUT2D eigenvalue weighted by Gasteiger charge is -2.42. The Bertz CT molecular complexity index is 1970. The second kappa shape index (κ2) is 15.7. The summed E-state index contributed by atoms with van der Waals surface area (Å²) in [5.74, 6) is -2.79. The molecule has 3 heterocycles. The second-order valence-corrected chi connectivity index (χ2v) is 16.9. The molecule has 2 aromatic carbocycles. The maximum Gasteiger partial charge on any atom is 0.416 e. The van der Waals surface area contributed by atoms with E-state index in [4.69, 9.17) is 14.5 Å². The fourth-order valence-electron chi connectivity index (χ4n) is 8.61. The lowest BCUT2D eigenvalue weighted by molar-refractivity contribution is -0.137. The maximum absolute atomic E-state index is 15.8. The SMILES string of the molecule is COc1ccc(CO[C@H]2CC(C)(C)Cc3nc(C4CCN(c5ncc(Br)cn5)CC4)c(Cc4ccc(C(F)(F)F)cc4F)c(C4CCC(F)(F)CC4)c32)cc1. The second-order valence-electron chi connectivity index (χ2n) is 16.0. The minimum absolute atomic E-state index is 0.0214. The number of anilines is 1. The minimum Gasteiger partial charge on any atom is -0.497 e. The molecule has 0 N–H and O–H groups in total. The number of alkyl halides is 5. The lowest BCUT2D eigenvalue weighted by Crippen LogP contribution is -2.36. The Labute approximate surface area is 326 Å². The average molecular weight is 832 g/mol. The number of hydrogen-bond donors (Lipinski definition) is 0. The van der Waals surface area contributed by atoms with Crippen LogP contribution in [0.1, 0.15) is 122 Å². The molecule has 1 saturated carbocycles. The van der Waals surface area contributed by atoms with Gasteiger partial charge in [0.1, 0.15) is 11.6 Å². The molecule has 13 heteroatoms. The van der Waals surface area contributed by atoms with Gasteiger partial charge in [-0.25, -0.2) is 23.1 Å². The number of halogens is 7. The van der Waals surface area contributed by atoms with E-state index in [0.717, 1.165) is 49.9 Å². The molecule has 0 bridgehead atoms. The number of rotatable bonds is 9. The molecular weight excluding hydrogens is 786 g/mol. The van der Waals surface area contributed by atoms with Gasteiger partial charge in [0, 0.05) is 67.6 Å². The summed E-state index contributed by atoms with van der Waals surface area (Å²) in [5, 5.41) is 0. The van der Waals surface area contributed by atoms with Crippen LogP contribution in [0.3, 0.4) is 0 Å². The van der Waals surface area contributed by atoms with Crippen LogP contribution in [0.15, 0.2) is 59.3 Å². The van der Waals surface area contributed by atoms with E-state index < -0.39 is 29.6 Å². The van der Waals surface area contributed by atoms with Gasteiger partial charge in [-0.3, -0.25) is 4.98 Å². The number of pyridine rings is 1. The van der Waals surface area contributed by atoms with Gasteiger partial charge in [-0.05, 0) is 112 Å². The number of piperidine rings is 1. The number of hydrogen-bond acceptors (Lipinski definition) is 6. The molecule has 294 valence electrons. The molecule has 4 aromatic rings. The zero-order valence-electron chi connectivity index (χ0n) is 31.2. The monoisotopic (exact) mass is 830 g/mol. The Morgan fingerprint density at radius 3 is 2.20 bits per heavy atom. The first kappa shape index (κ1) is 39.5. The Morgan fingerprint density at radius 2 is 1.58 bits per heavy atom. The lowest BCUT2D eigenvalue weighted by atomic mass is 9.68. The topological polar surface area (TPSA) is 60.4 Å². The Balaban J connectivity index is 1.35. The van der Waals surface area contributed by atoms with Crippen molar-refractivity contribution in [3.63, 3.8) is 0 Å². The first-order chi connectivity index (χ1) is 26.1. The Morgan fingerprint density at radius 1 is 0.909 bits per heavy atom. The van der Waals surface area contributed by atoms with Gasteiger partial charge in [-0.2, -0.15) is 13.2 Å². The molecule has 6 nitrogen and oxygen atoms in total. The van der Waals surface area contributed by atoms with Crippen LogP contribution in [-0.2, 0) is 30.4 Å². The molecule has 55 heavy (non-hydrogen) atoms. The summed E-state index contributed by atoms with van der Waals surface area (Å²) >= 11 is 3.39. The Kier molecular flexibility index (Phi) is 11.3.